The van der Waals surface area contributed by atoms with Crippen molar-refractivity contribution in [3.05, 3.63) is 65.7 Å². The molecule has 3 aromatic rings. The van der Waals surface area contributed by atoms with Crippen LogP contribution in [0.25, 0.3) is 10.8 Å². The van der Waals surface area contributed by atoms with E-state index in [1.165, 1.54) is 6.92 Å². The van der Waals surface area contributed by atoms with Crippen LogP contribution in [0.1, 0.15) is 34.1 Å². The summed E-state index contributed by atoms with van der Waals surface area (Å²) in [6, 6.07) is 18.0. The largest absolute Gasteiger partial charge is 0.464 e. The SMILES string of the molecule is CC(=O)OCCN(CCC#N)c1ccc(N=Nc2ccc3c4c(cccc24)C(=O)NC3=O)cc1. The number of hydrogen-bond acceptors (Lipinski definition) is 8. The first kappa shape index (κ1) is 22.6. The number of esters is 1. The number of anilines is 1. The number of amides is 2. The third-order valence-electron chi connectivity index (χ3n) is 5.38. The number of nitriles is 1. The summed E-state index contributed by atoms with van der Waals surface area (Å²) < 4.78 is 5.02. The molecule has 1 heterocycles. The molecule has 1 aliphatic heterocycles. The van der Waals surface area contributed by atoms with Gasteiger partial charge in [-0.1, -0.05) is 12.1 Å². The maximum absolute atomic E-state index is 12.2. The van der Waals surface area contributed by atoms with Crippen LogP contribution in [0.5, 0.6) is 0 Å². The topological polar surface area (TPSA) is 124 Å². The molecule has 0 radical (unpaired) electrons. The van der Waals surface area contributed by atoms with E-state index in [2.05, 4.69) is 21.6 Å². The van der Waals surface area contributed by atoms with Crippen LogP contribution < -0.4 is 10.2 Å². The zero-order chi connectivity index (χ0) is 24.1. The van der Waals surface area contributed by atoms with E-state index in [4.69, 9.17) is 10.00 Å². The van der Waals surface area contributed by atoms with E-state index in [-0.39, 0.29) is 12.6 Å². The van der Waals surface area contributed by atoms with Gasteiger partial charge in [0, 0.05) is 41.1 Å². The molecule has 0 fully saturated rings. The second kappa shape index (κ2) is 9.92. The summed E-state index contributed by atoms with van der Waals surface area (Å²) in [5.41, 5.74) is 2.88. The van der Waals surface area contributed by atoms with Gasteiger partial charge in [-0.2, -0.15) is 10.4 Å². The summed E-state index contributed by atoms with van der Waals surface area (Å²) in [5.74, 6) is -1.20. The molecule has 0 saturated carbocycles. The summed E-state index contributed by atoms with van der Waals surface area (Å²) in [4.78, 5) is 37.4. The number of benzene rings is 3. The minimum Gasteiger partial charge on any atom is -0.464 e. The molecule has 9 nitrogen and oxygen atoms in total. The first-order chi connectivity index (χ1) is 16.5. The van der Waals surface area contributed by atoms with Crippen LogP contribution in [0.4, 0.5) is 17.1 Å². The standard InChI is InChI=1S/C25H21N5O4/c1-16(31)34-15-14-30(13-3-12-26)18-8-6-17(7-9-18)28-29-22-11-10-21-23-19(22)4-2-5-20(23)24(32)27-25(21)33/h2,4-11H,3,13-15H2,1H3,(H,27,32,33). The van der Waals surface area contributed by atoms with Gasteiger partial charge in [0.15, 0.2) is 0 Å². The predicted octanol–water partition coefficient (Wildman–Crippen LogP) is 4.42. The van der Waals surface area contributed by atoms with Gasteiger partial charge in [-0.3, -0.25) is 19.7 Å². The van der Waals surface area contributed by atoms with Gasteiger partial charge >= 0.3 is 5.97 Å². The Morgan fingerprint density at radius 1 is 1.00 bits per heavy atom. The maximum Gasteiger partial charge on any atom is 0.302 e. The second-order valence-corrected chi connectivity index (χ2v) is 7.60. The van der Waals surface area contributed by atoms with Crippen molar-refractivity contribution in [2.75, 3.05) is 24.6 Å². The van der Waals surface area contributed by atoms with E-state index in [1.54, 1.807) is 36.4 Å². The Bertz CT molecular complexity index is 1320. The van der Waals surface area contributed by atoms with Crippen molar-refractivity contribution in [1.82, 2.24) is 5.32 Å². The van der Waals surface area contributed by atoms with E-state index in [0.29, 0.717) is 52.8 Å². The van der Waals surface area contributed by atoms with Crippen molar-refractivity contribution in [3.8, 4) is 6.07 Å². The molecule has 1 N–H and O–H groups in total. The minimum absolute atomic E-state index is 0.230. The Balaban J connectivity index is 1.56. The van der Waals surface area contributed by atoms with Crippen LogP contribution in [0.15, 0.2) is 64.8 Å². The molecule has 2 amide bonds. The number of carbonyl (C=O) groups is 3. The second-order valence-electron chi connectivity index (χ2n) is 7.60. The Morgan fingerprint density at radius 3 is 2.44 bits per heavy atom. The van der Waals surface area contributed by atoms with Gasteiger partial charge in [0.2, 0.25) is 0 Å². The molecule has 0 saturated heterocycles. The number of carbonyl (C=O) groups excluding carboxylic acids is 3. The lowest BCUT2D eigenvalue weighted by Crippen LogP contribution is -2.34. The van der Waals surface area contributed by atoms with E-state index in [0.717, 1.165) is 5.69 Å². The van der Waals surface area contributed by atoms with E-state index < -0.39 is 11.8 Å². The maximum atomic E-state index is 12.2. The van der Waals surface area contributed by atoms with Crippen molar-refractivity contribution < 1.29 is 19.1 Å². The Hall–Kier alpha value is -4.58. The third kappa shape index (κ3) is 4.76. The van der Waals surface area contributed by atoms with Gasteiger partial charge in [0.1, 0.15) is 6.61 Å². The predicted molar refractivity (Wildman–Crippen MR) is 125 cm³/mol. The highest BCUT2D eigenvalue weighted by molar-refractivity contribution is 6.26. The van der Waals surface area contributed by atoms with Crippen LogP contribution in [0.2, 0.25) is 0 Å². The fourth-order valence-electron chi connectivity index (χ4n) is 3.79. The average Bonchev–Trinajstić information content (AvgIpc) is 2.83. The number of azo groups is 1. The lowest BCUT2D eigenvalue weighted by molar-refractivity contribution is -0.140. The van der Waals surface area contributed by atoms with Crippen molar-refractivity contribution in [1.29, 1.82) is 5.26 Å². The lowest BCUT2D eigenvalue weighted by Gasteiger charge is -2.23. The summed E-state index contributed by atoms with van der Waals surface area (Å²) in [6.07, 6.45) is 0.340. The molecule has 170 valence electrons. The molecular formula is C25H21N5O4. The fourth-order valence-corrected chi connectivity index (χ4v) is 3.79. The molecule has 9 heteroatoms. The number of hydrogen-bond donors (Lipinski definition) is 1. The molecule has 0 atom stereocenters. The minimum atomic E-state index is -0.428. The monoisotopic (exact) mass is 455 g/mol. The normalized spacial score (nSPS) is 12.5. The van der Waals surface area contributed by atoms with Gasteiger partial charge in [0.05, 0.1) is 30.4 Å². The van der Waals surface area contributed by atoms with Crippen LogP contribution in [-0.4, -0.2) is 37.5 Å². The first-order valence-electron chi connectivity index (χ1n) is 10.7. The molecule has 0 spiro atoms. The number of imide groups is 1. The molecule has 0 aromatic heterocycles. The van der Waals surface area contributed by atoms with E-state index >= 15 is 0 Å². The fraction of sp³-hybridized carbons (Fsp3) is 0.200. The van der Waals surface area contributed by atoms with Gasteiger partial charge in [-0.05, 0) is 42.5 Å². The number of rotatable bonds is 8. The van der Waals surface area contributed by atoms with Crippen LogP contribution >= 0.6 is 0 Å². The van der Waals surface area contributed by atoms with Crippen molar-refractivity contribution in [2.24, 2.45) is 10.2 Å². The Labute approximate surface area is 195 Å². The summed E-state index contributed by atoms with van der Waals surface area (Å²) in [5, 5.41) is 21.2. The van der Waals surface area contributed by atoms with E-state index in [9.17, 15) is 14.4 Å². The molecule has 3 aromatic carbocycles. The van der Waals surface area contributed by atoms with Crippen molar-refractivity contribution >= 4 is 45.6 Å². The highest BCUT2D eigenvalue weighted by Gasteiger charge is 2.25. The van der Waals surface area contributed by atoms with Gasteiger partial charge in [0.25, 0.3) is 11.8 Å². The number of nitrogens with zero attached hydrogens (tertiary/aromatic N) is 4. The zero-order valence-electron chi connectivity index (χ0n) is 18.4. The lowest BCUT2D eigenvalue weighted by atomic mass is 9.94. The third-order valence-corrected chi connectivity index (χ3v) is 5.38. The highest BCUT2D eigenvalue weighted by Crippen LogP contribution is 2.34. The molecule has 34 heavy (non-hydrogen) atoms. The molecular weight excluding hydrogens is 434 g/mol. The molecule has 0 bridgehead atoms. The van der Waals surface area contributed by atoms with Crippen LogP contribution in [0, 0.1) is 11.3 Å². The molecule has 0 unspecified atom stereocenters. The van der Waals surface area contributed by atoms with E-state index in [1.807, 2.05) is 23.1 Å². The molecule has 1 aliphatic rings. The Morgan fingerprint density at radius 2 is 1.74 bits per heavy atom. The molecule has 0 aliphatic carbocycles. The van der Waals surface area contributed by atoms with Crippen molar-refractivity contribution in [3.63, 3.8) is 0 Å². The summed E-state index contributed by atoms with van der Waals surface area (Å²) in [7, 11) is 0. The summed E-state index contributed by atoms with van der Waals surface area (Å²) in [6.45, 7) is 2.56. The van der Waals surface area contributed by atoms with Crippen LogP contribution in [0.3, 0.4) is 0 Å². The quantitative estimate of drug-likeness (QED) is 0.305. The van der Waals surface area contributed by atoms with Crippen molar-refractivity contribution in [2.45, 2.75) is 13.3 Å². The number of ether oxygens (including phenoxy) is 1. The molecule has 4 rings (SSSR count). The number of nitrogens with one attached hydrogen (secondary N) is 1. The highest BCUT2D eigenvalue weighted by atomic mass is 16.5. The first-order valence-corrected chi connectivity index (χ1v) is 10.7. The van der Waals surface area contributed by atoms with Gasteiger partial charge in [-0.15, -0.1) is 5.11 Å². The van der Waals surface area contributed by atoms with Crippen LogP contribution in [-0.2, 0) is 9.53 Å². The summed E-state index contributed by atoms with van der Waals surface area (Å²) >= 11 is 0. The zero-order valence-corrected chi connectivity index (χ0v) is 18.4. The Kier molecular flexibility index (Phi) is 6.59. The van der Waals surface area contributed by atoms with Gasteiger partial charge in [-0.25, -0.2) is 0 Å². The average molecular weight is 455 g/mol. The smallest absolute Gasteiger partial charge is 0.302 e. The van der Waals surface area contributed by atoms with Gasteiger partial charge < -0.3 is 9.64 Å².